The number of urea groups is 1. The van der Waals surface area contributed by atoms with Crippen molar-refractivity contribution < 1.29 is 23.8 Å². The number of aromatic nitrogens is 1. The third-order valence-electron chi connectivity index (χ3n) is 4.99. The van der Waals surface area contributed by atoms with Crippen LogP contribution in [0.25, 0.3) is 10.9 Å². The minimum Gasteiger partial charge on any atom is -0.493 e. The topological polar surface area (TPSA) is 102 Å². The zero-order valence-corrected chi connectivity index (χ0v) is 19.6. The van der Waals surface area contributed by atoms with Crippen molar-refractivity contribution in [2.45, 2.75) is 0 Å². The van der Waals surface area contributed by atoms with Crippen molar-refractivity contribution in [1.29, 1.82) is 0 Å². The predicted octanol–water partition coefficient (Wildman–Crippen LogP) is 5.40. The van der Waals surface area contributed by atoms with Crippen molar-refractivity contribution in [2.24, 2.45) is 0 Å². The van der Waals surface area contributed by atoms with Crippen molar-refractivity contribution in [3.63, 3.8) is 0 Å². The van der Waals surface area contributed by atoms with Crippen LogP contribution in [0.2, 0.25) is 5.02 Å². The molecule has 4 aromatic rings. The van der Waals surface area contributed by atoms with Gasteiger partial charge in [0, 0.05) is 23.3 Å². The van der Waals surface area contributed by atoms with E-state index in [-0.39, 0.29) is 0 Å². The predicted molar refractivity (Wildman–Crippen MR) is 134 cm³/mol. The summed E-state index contributed by atoms with van der Waals surface area (Å²) in [6, 6.07) is 18.1. The lowest BCUT2D eigenvalue weighted by molar-refractivity contribution is -0.107. The summed E-state index contributed by atoms with van der Waals surface area (Å²) in [4.78, 5) is 28.2. The molecule has 0 saturated heterocycles. The number of para-hydroxylation sites is 1. The lowest BCUT2D eigenvalue weighted by Crippen LogP contribution is -2.44. The summed E-state index contributed by atoms with van der Waals surface area (Å²) >= 11 is 6.09. The van der Waals surface area contributed by atoms with Crippen LogP contribution in [-0.4, -0.2) is 31.6 Å². The van der Waals surface area contributed by atoms with Gasteiger partial charge in [-0.2, -0.15) is 0 Å². The van der Waals surface area contributed by atoms with Gasteiger partial charge >= 0.3 is 6.03 Å². The number of ether oxygens (including phenoxy) is 3. The quantitative estimate of drug-likeness (QED) is 0.252. The van der Waals surface area contributed by atoms with Crippen LogP contribution in [0, 0.1) is 0 Å². The summed E-state index contributed by atoms with van der Waals surface area (Å²) < 4.78 is 16.8. The molecule has 0 aliphatic heterocycles. The van der Waals surface area contributed by atoms with E-state index < -0.39 is 6.03 Å². The number of hydrogen-bond donors (Lipinski definition) is 2. The number of amides is 3. The molecule has 0 spiro atoms. The fraction of sp³-hybridized carbons (Fsp3) is 0.0800. The van der Waals surface area contributed by atoms with E-state index in [2.05, 4.69) is 15.7 Å². The third kappa shape index (κ3) is 5.36. The third-order valence-corrected chi connectivity index (χ3v) is 5.31. The zero-order chi connectivity index (χ0) is 24.8. The van der Waals surface area contributed by atoms with Gasteiger partial charge in [-0.3, -0.25) is 9.78 Å². The second-order valence-electron chi connectivity index (χ2n) is 7.15. The highest BCUT2D eigenvalue weighted by molar-refractivity contribution is 6.33. The minimum absolute atomic E-state index is 0.320. The Bertz CT molecular complexity index is 1360. The number of fused-ring (bicyclic) bond motifs is 1. The molecule has 10 heteroatoms. The second kappa shape index (κ2) is 10.6. The van der Waals surface area contributed by atoms with Gasteiger partial charge in [-0.1, -0.05) is 23.7 Å². The Hall–Kier alpha value is -4.50. The van der Waals surface area contributed by atoms with Gasteiger partial charge in [0.15, 0.2) is 11.5 Å². The smallest absolute Gasteiger partial charge is 0.338 e. The first kappa shape index (κ1) is 23.7. The molecule has 0 saturated carbocycles. The van der Waals surface area contributed by atoms with Gasteiger partial charge < -0.3 is 19.5 Å². The molecule has 2 N–H and O–H groups in total. The van der Waals surface area contributed by atoms with Crippen molar-refractivity contribution in [3.8, 4) is 23.0 Å². The highest BCUT2D eigenvalue weighted by Gasteiger charge is 2.14. The van der Waals surface area contributed by atoms with E-state index in [0.717, 1.165) is 10.4 Å². The maximum absolute atomic E-state index is 12.4. The molecule has 0 fully saturated rings. The first-order chi connectivity index (χ1) is 17.0. The number of rotatable bonds is 8. The molecule has 178 valence electrons. The molecule has 3 aromatic carbocycles. The minimum atomic E-state index is -0.619. The van der Waals surface area contributed by atoms with E-state index >= 15 is 0 Å². The van der Waals surface area contributed by atoms with Gasteiger partial charge in [-0.15, -0.1) is 0 Å². The highest BCUT2D eigenvalue weighted by atomic mass is 35.5. The monoisotopic (exact) mass is 492 g/mol. The van der Waals surface area contributed by atoms with Gasteiger partial charge in [-0.25, -0.2) is 15.2 Å². The fourth-order valence-corrected chi connectivity index (χ4v) is 3.56. The van der Waals surface area contributed by atoms with Gasteiger partial charge in [0.05, 0.1) is 30.4 Å². The van der Waals surface area contributed by atoms with Crippen molar-refractivity contribution in [3.05, 3.63) is 77.9 Å². The molecule has 35 heavy (non-hydrogen) atoms. The van der Waals surface area contributed by atoms with E-state index in [4.69, 9.17) is 25.8 Å². The van der Waals surface area contributed by atoms with E-state index in [1.165, 1.54) is 0 Å². The number of pyridine rings is 1. The summed E-state index contributed by atoms with van der Waals surface area (Å²) in [6.45, 7) is 0. The van der Waals surface area contributed by atoms with Crippen LogP contribution in [0.15, 0.2) is 72.9 Å². The number of benzene rings is 3. The van der Waals surface area contributed by atoms with Crippen LogP contribution in [0.3, 0.4) is 0 Å². The molecule has 0 aliphatic carbocycles. The SMILES string of the molecule is COc1cc2nccc(Oc3ccc(NC(=O)NN(C=O)c4ccccc4Cl)cc3)c2cc1OC. The number of hydrogen-bond acceptors (Lipinski definition) is 6. The number of anilines is 2. The van der Waals surface area contributed by atoms with Crippen LogP contribution in [-0.2, 0) is 4.79 Å². The number of nitrogens with one attached hydrogen (secondary N) is 2. The second-order valence-corrected chi connectivity index (χ2v) is 7.56. The summed E-state index contributed by atoms with van der Waals surface area (Å²) in [5.74, 6) is 2.25. The van der Waals surface area contributed by atoms with E-state index in [9.17, 15) is 9.59 Å². The number of nitrogens with zero attached hydrogens (tertiary/aromatic N) is 2. The molecular weight excluding hydrogens is 472 g/mol. The maximum atomic E-state index is 12.4. The number of hydrazine groups is 1. The van der Waals surface area contributed by atoms with Crippen LogP contribution in [0.1, 0.15) is 0 Å². The molecule has 1 heterocycles. The molecule has 0 radical (unpaired) electrons. The van der Waals surface area contributed by atoms with Crippen molar-refractivity contribution in [1.82, 2.24) is 10.4 Å². The van der Waals surface area contributed by atoms with Crippen molar-refractivity contribution >= 4 is 46.3 Å². The molecule has 0 atom stereocenters. The van der Waals surface area contributed by atoms with Crippen LogP contribution < -0.4 is 30.0 Å². The van der Waals surface area contributed by atoms with E-state index in [1.54, 1.807) is 87.1 Å². The zero-order valence-electron chi connectivity index (χ0n) is 18.8. The van der Waals surface area contributed by atoms with E-state index in [1.807, 2.05) is 0 Å². The molecule has 9 nitrogen and oxygen atoms in total. The summed E-state index contributed by atoms with van der Waals surface area (Å²) in [6.07, 6.45) is 2.10. The molecule has 3 amide bonds. The lowest BCUT2D eigenvalue weighted by Gasteiger charge is -2.19. The van der Waals surface area contributed by atoms with Gasteiger partial charge in [0.25, 0.3) is 0 Å². The first-order valence-electron chi connectivity index (χ1n) is 10.4. The number of carbonyl (C=O) groups excluding carboxylic acids is 2. The number of halogens is 1. The Morgan fingerprint density at radius 1 is 0.971 bits per heavy atom. The molecule has 1 aromatic heterocycles. The Balaban J connectivity index is 1.46. The number of methoxy groups -OCH3 is 2. The normalized spacial score (nSPS) is 10.4. The van der Waals surface area contributed by atoms with Crippen molar-refractivity contribution in [2.75, 3.05) is 24.5 Å². The lowest BCUT2D eigenvalue weighted by atomic mass is 10.2. The average Bonchev–Trinajstić information content (AvgIpc) is 2.88. The summed E-state index contributed by atoms with van der Waals surface area (Å²) in [5.41, 5.74) is 3.97. The van der Waals surface area contributed by atoms with Crippen LogP contribution >= 0.6 is 11.6 Å². The molecule has 4 rings (SSSR count). The van der Waals surface area contributed by atoms with Crippen LogP contribution in [0.5, 0.6) is 23.0 Å². The number of carbonyl (C=O) groups is 2. The Labute approximate surface area is 206 Å². The largest absolute Gasteiger partial charge is 0.493 e. The standard InChI is InChI=1S/C25H21ClN4O5/c1-33-23-13-18-20(14-24(23)34-2)27-12-11-22(18)35-17-9-7-16(8-10-17)28-25(32)29-30(15-31)21-6-4-3-5-19(21)26/h3-15H,1-2H3,(H2,28,29,32). The Kier molecular flexibility index (Phi) is 7.18. The Morgan fingerprint density at radius 2 is 1.69 bits per heavy atom. The highest BCUT2D eigenvalue weighted by Crippen LogP contribution is 2.37. The molecule has 0 unspecified atom stereocenters. The first-order valence-corrected chi connectivity index (χ1v) is 10.8. The molecule has 0 aliphatic rings. The van der Waals surface area contributed by atoms with E-state index in [0.29, 0.717) is 51.3 Å². The van der Waals surface area contributed by atoms with Gasteiger partial charge in [0.1, 0.15) is 11.5 Å². The fourth-order valence-electron chi connectivity index (χ4n) is 3.33. The maximum Gasteiger partial charge on any atom is 0.338 e. The molecular formula is C25H21ClN4O5. The van der Waals surface area contributed by atoms with Gasteiger partial charge in [0.2, 0.25) is 6.41 Å². The van der Waals surface area contributed by atoms with Crippen LogP contribution in [0.4, 0.5) is 16.2 Å². The van der Waals surface area contributed by atoms with Gasteiger partial charge in [-0.05, 0) is 48.5 Å². The summed E-state index contributed by atoms with van der Waals surface area (Å²) in [5, 5.41) is 4.72. The Morgan fingerprint density at radius 3 is 2.37 bits per heavy atom. The average molecular weight is 493 g/mol. The molecule has 0 bridgehead atoms. The summed E-state index contributed by atoms with van der Waals surface area (Å²) in [7, 11) is 3.12.